The first-order valence-corrected chi connectivity index (χ1v) is 10.9. The van der Waals surface area contributed by atoms with E-state index in [-0.39, 0.29) is 6.10 Å². The molecule has 0 bridgehead atoms. The maximum atomic E-state index is 6.48. The number of ether oxygens (including phenoxy) is 1. The molecule has 29 heavy (non-hydrogen) atoms. The van der Waals surface area contributed by atoms with Crippen molar-refractivity contribution in [1.82, 2.24) is 19.5 Å². The van der Waals surface area contributed by atoms with Gasteiger partial charge in [-0.3, -0.25) is 4.40 Å². The van der Waals surface area contributed by atoms with Crippen molar-refractivity contribution in [3.05, 3.63) is 59.5 Å². The van der Waals surface area contributed by atoms with Gasteiger partial charge in [0, 0.05) is 6.42 Å². The highest BCUT2D eigenvalue weighted by atomic mass is 16.5. The first-order valence-electron chi connectivity index (χ1n) is 10.9. The maximum absolute atomic E-state index is 6.48. The van der Waals surface area contributed by atoms with E-state index in [1.165, 1.54) is 37.1 Å². The Morgan fingerprint density at radius 1 is 0.966 bits per heavy atom. The molecule has 5 nitrogen and oxygen atoms in total. The molecule has 1 aliphatic carbocycles. The second-order valence-electron chi connectivity index (χ2n) is 8.87. The lowest BCUT2D eigenvalue weighted by Gasteiger charge is -2.30. The van der Waals surface area contributed by atoms with Gasteiger partial charge in [0.15, 0.2) is 5.65 Å². The number of hydrogen-bond donors (Lipinski definition) is 0. The molecule has 152 valence electrons. The van der Waals surface area contributed by atoms with E-state index in [1.54, 1.807) is 0 Å². The second kappa shape index (κ2) is 7.79. The zero-order valence-corrected chi connectivity index (χ0v) is 17.4. The molecule has 2 atom stereocenters. The molecule has 1 fully saturated rings. The Morgan fingerprint density at radius 2 is 1.76 bits per heavy atom. The normalized spacial score (nSPS) is 23.2. The number of hydrogen-bond acceptors (Lipinski definition) is 4. The number of nitrogens with zero attached hydrogens (tertiary/aromatic N) is 4. The van der Waals surface area contributed by atoms with Crippen molar-refractivity contribution in [2.24, 2.45) is 5.92 Å². The van der Waals surface area contributed by atoms with Crippen LogP contribution in [0.25, 0.3) is 5.65 Å². The summed E-state index contributed by atoms with van der Waals surface area (Å²) in [4.78, 5) is 2.41. The summed E-state index contributed by atoms with van der Waals surface area (Å²) in [6.07, 6.45) is 7.88. The molecule has 0 N–H and O–H groups in total. The van der Waals surface area contributed by atoms with Crippen LogP contribution in [0.1, 0.15) is 61.6 Å². The molecular formula is C24H30N4O. The standard InChI is InChI=1S/C24H30N4O/c1-17-7-9-22(21-6-4-3-5-20(17)21)29-19-8-10-23-25-26-24(28(23)16-19)15-18-11-13-27(2)14-12-18/h3-6,8,10,16-18,22H,7,9,11-15H2,1-2H3/t17-,22+/m0/s1. The van der Waals surface area contributed by atoms with Crippen molar-refractivity contribution < 1.29 is 4.74 Å². The SMILES string of the molecule is C[C@H]1CC[C@@H](Oc2ccc3nnc(CC4CCN(C)CC4)n3c2)c2ccccc21. The van der Waals surface area contributed by atoms with Crippen LogP contribution in [0, 0.1) is 5.92 Å². The molecule has 1 saturated heterocycles. The average molecular weight is 391 g/mol. The monoisotopic (exact) mass is 390 g/mol. The molecule has 0 saturated carbocycles. The van der Waals surface area contributed by atoms with Gasteiger partial charge in [0.1, 0.15) is 17.7 Å². The van der Waals surface area contributed by atoms with Gasteiger partial charge in [-0.15, -0.1) is 10.2 Å². The first-order chi connectivity index (χ1) is 14.2. The van der Waals surface area contributed by atoms with E-state index >= 15 is 0 Å². The molecule has 0 radical (unpaired) electrons. The van der Waals surface area contributed by atoms with Crippen molar-refractivity contribution in [2.45, 2.75) is 51.0 Å². The molecule has 2 aliphatic rings. The van der Waals surface area contributed by atoms with Crippen LogP contribution >= 0.6 is 0 Å². The number of pyridine rings is 1. The molecule has 5 rings (SSSR count). The van der Waals surface area contributed by atoms with Gasteiger partial charge in [0.05, 0.1) is 6.20 Å². The quantitative estimate of drug-likeness (QED) is 0.651. The number of rotatable bonds is 4. The number of likely N-dealkylation sites (tertiary alicyclic amines) is 1. The van der Waals surface area contributed by atoms with E-state index in [0.717, 1.165) is 36.5 Å². The van der Waals surface area contributed by atoms with E-state index in [9.17, 15) is 0 Å². The molecular weight excluding hydrogens is 360 g/mol. The molecule has 1 aromatic carbocycles. The van der Waals surface area contributed by atoms with Crippen LogP contribution < -0.4 is 4.74 Å². The fraction of sp³-hybridized carbons (Fsp3) is 0.500. The molecule has 1 aliphatic heterocycles. The molecule has 0 unspecified atom stereocenters. The highest BCUT2D eigenvalue weighted by Crippen LogP contribution is 2.39. The van der Waals surface area contributed by atoms with E-state index < -0.39 is 0 Å². The topological polar surface area (TPSA) is 42.7 Å². The first kappa shape index (κ1) is 18.6. The Labute approximate surface area is 172 Å². The van der Waals surface area contributed by atoms with Crippen LogP contribution in [0.4, 0.5) is 0 Å². The summed E-state index contributed by atoms with van der Waals surface area (Å²) in [5.41, 5.74) is 3.66. The summed E-state index contributed by atoms with van der Waals surface area (Å²) in [6.45, 7) is 4.66. The van der Waals surface area contributed by atoms with Gasteiger partial charge in [-0.1, -0.05) is 31.2 Å². The molecule has 0 spiro atoms. The zero-order valence-electron chi connectivity index (χ0n) is 17.4. The van der Waals surface area contributed by atoms with Crippen molar-refractivity contribution >= 4 is 5.65 Å². The van der Waals surface area contributed by atoms with Crippen LogP contribution in [0.15, 0.2) is 42.6 Å². The van der Waals surface area contributed by atoms with E-state index in [4.69, 9.17) is 4.74 Å². The number of aromatic nitrogens is 3. The van der Waals surface area contributed by atoms with Crippen LogP contribution in [0.2, 0.25) is 0 Å². The van der Waals surface area contributed by atoms with Gasteiger partial charge in [0.2, 0.25) is 0 Å². The number of benzene rings is 1. The fourth-order valence-electron chi connectivity index (χ4n) is 4.90. The lowest BCUT2D eigenvalue weighted by molar-refractivity contribution is 0.177. The van der Waals surface area contributed by atoms with Crippen LogP contribution in [-0.4, -0.2) is 39.6 Å². The van der Waals surface area contributed by atoms with E-state index in [1.807, 2.05) is 12.1 Å². The van der Waals surface area contributed by atoms with Gasteiger partial charge >= 0.3 is 0 Å². The third-order valence-electron chi connectivity index (χ3n) is 6.77. The van der Waals surface area contributed by atoms with Gasteiger partial charge in [0.25, 0.3) is 0 Å². The molecule has 5 heteroatoms. The smallest absolute Gasteiger partial charge is 0.161 e. The summed E-state index contributed by atoms with van der Waals surface area (Å²) in [5, 5.41) is 8.87. The molecule has 0 amide bonds. The Bertz CT molecular complexity index is 989. The van der Waals surface area contributed by atoms with Crippen LogP contribution in [0.5, 0.6) is 5.75 Å². The minimum Gasteiger partial charge on any atom is -0.484 e. The van der Waals surface area contributed by atoms with Crippen molar-refractivity contribution in [3.63, 3.8) is 0 Å². The van der Waals surface area contributed by atoms with Gasteiger partial charge in [-0.05, 0) is 80.9 Å². The van der Waals surface area contributed by atoms with Crippen molar-refractivity contribution in [2.75, 3.05) is 20.1 Å². The molecule has 2 aromatic heterocycles. The van der Waals surface area contributed by atoms with Crippen LogP contribution in [0.3, 0.4) is 0 Å². The lowest BCUT2D eigenvalue weighted by Crippen LogP contribution is -2.31. The number of fused-ring (bicyclic) bond motifs is 2. The minimum absolute atomic E-state index is 0.119. The predicted octanol–water partition coefficient (Wildman–Crippen LogP) is 4.63. The van der Waals surface area contributed by atoms with Gasteiger partial charge < -0.3 is 9.64 Å². The molecule has 3 heterocycles. The summed E-state index contributed by atoms with van der Waals surface area (Å²) >= 11 is 0. The summed E-state index contributed by atoms with van der Waals surface area (Å²) in [5.74, 6) is 3.25. The van der Waals surface area contributed by atoms with E-state index in [2.05, 4.69) is 63.9 Å². The van der Waals surface area contributed by atoms with Crippen molar-refractivity contribution in [3.8, 4) is 5.75 Å². The third-order valence-corrected chi connectivity index (χ3v) is 6.77. The fourth-order valence-corrected chi connectivity index (χ4v) is 4.90. The maximum Gasteiger partial charge on any atom is 0.161 e. The lowest BCUT2D eigenvalue weighted by atomic mass is 9.82. The Hall–Kier alpha value is -2.40. The Balaban J connectivity index is 1.37. The highest BCUT2D eigenvalue weighted by molar-refractivity contribution is 5.42. The third kappa shape index (κ3) is 3.76. The van der Waals surface area contributed by atoms with Crippen LogP contribution in [-0.2, 0) is 6.42 Å². The summed E-state index contributed by atoms with van der Waals surface area (Å²) < 4.78 is 8.61. The van der Waals surface area contributed by atoms with Gasteiger partial charge in [-0.25, -0.2) is 0 Å². The minimum atomic E-state index is 0.119. The number of piperidine rings is 1. The summed E-state index contributed by atoms with van der Waals surface area (Å²) in [7, 11) is 2.20. The highest BCUT2D eigenvalue weighted by Gasteiger charge is 2.26. The van der Waals surface area contributed by atoms with Gasteiger partial charge in [-0.2, -0.15) is 0 Å². The summed E-state index contributed by atoms with van der Waals surface area (Å²) in [6, 6.07) is 12.8. The Kier molecular flexibility index (Phi) is 5.00. The Morgan fingerprint density at radius 3 is 2.59 bits per heavy atom. The average Bonchev–Trinajstić information content (AvgIpc) is 3.14. The van der Waals surface area contributed by atoms with Crippen molar-refractivity contribution in [1.29, 1.82) is 0 Å². The molecule has 3 aromatic rings. The zero-order chi connectivity index (χ0) is 19.8. The second-order valence-corrected chi connectivity index (χ2v) is 8.87. The van der Waals surface area contributed by atoms with E-state index in [0.29, 0.717) is 11.8 Å². The predicted molar refractivity (Wildman–Crippen MR) is 114 cm³/mol. The largest absolute Gasteiger partial charge is 0.484 e.